The molecule has 3 rings (SSSR count). The number of nitrogens with two attached hydrogens (primary N) is 1. The third kappa shape index (κ3) is 1.96. The van der Waals surface area contributed by atoms with E-state index < -0.39 is 0 Å². The van der Waals surface area contributed by atoms with Gasteiger partial charge in [0.05, 0.1) is 10.6 Å². The zero-order valence-corrected chi connectivity index (χ0v) is 10.3. The number of hydrogen-bond donors (Lipinski definition) is 1. The Labute approximate surface area is 108 Å². The van der Waals surface area contributed by atoms with Gasteiger partial charge in [-0.3, -0.25) is 9.97 Å². The SMILES string of the molecule is Nc1nc(-c2ccccn2)c(-c2ccncc2)s1. The summed E-state index contributed by atoms with van der Waals surface area (Å²) in [6.07, 6.45) is 5.27. The summed E-state index contributed by atoms with van der Waals surface area (Å²) in [5.74, 6) is 0. The fraction of sp³-hybridized carbons (Fsp3) is 0. The van der Waals surface area contributed by atoms with Crippen molar-refractivity contribution >= 4 is 16.5 Å². The van der Waals surface area contributed by atoms with Crippen LogP contribution in [0.2, 0.25) is 0 Å². The summed E-state index contributed by atoms with van der Waals surface area (Å²) in [6.45, 7) is 0. The second kappa shape index (κ2) is 4.54. The number of rotatable bonds is 2. The van der Waals surface area contributed by atoms with Crippen LogP contribution in [0.1, 0.15) is 0 Å². The van der Waals surface area contributed by atoms with Crippen LogP contribution in [0.15, 0.2) is 48.9 Å². The molecule has 0 aromatic carbocycles. The Balaban J connectivity index is 2.17. The Morgan fingerprint density at radius 1 is 1.00 bits per heavy atom. The topological polar surface area (TPSA) is 64.7 Å². The maximum atomic E-state index is 5.82. The molecule has 18 heavy (non-hydrogen) atoms. The van der Waals surface area contributed by atoms with Gasteiger partial charge in [-0.2, -0.15) is 0 Å². The molecular formula is C13H10N4S. The van der Waals surface area contributed by atoms with Crippen molar-refractivity contribution in [1.82, 2.24) is 15.0 Å². The van der Waals surface area contributed by atoms with E-state index in [0.717, 1.165) is 21.8 Å². The molecule has 4 nitrogen and oxygen atoms in total. The lowest BCUT2D eigenvalue weighted by Crippen LogP contribution is -1.86. The Morgan fingerprint density at radius 2 is 1.83 bits per heavy atom. The predicted octanol–water partition coefficient (Wildman–Crippen LogP) is 2.85. The molecule has 3 aromatic heterocycles. The number of pyridine rings is 2. The molecule has 0 saturated heterocycles. The van der Waals surface area contributed by atoms with Gasteiger partial charge in [0, 0.05) is 18.6 Å². The fourth-order valence-electron chi connectivity index (χ4n) is 1.71. The molecule has 0 bridgehead atoms. The number of anilines is 1. The highest BCUT2D eigenvalue weighted by atomic mass is 32.1. The summed E-state index contributed by atoms with van der Waals surface area (Å²) in [4.78, 5) is 13.7. The molecule has 0 atom stereocenters. The summed E-state index contributed by atoms with van der Waals surface area (Å²) in [5, 5.41) is 0.544. The maximum absolute atomic E-state index is 5.82. The first-order valence-electron chi connectivity index (χ1n) is 5.43. The van der Waals surface area contributed by atoms with Gasteiger partial charge in [0.15, 0.2) is 5.13 Å². The fourth-order valence-corrected chi connectivity index (χ4v) is 2.56. The molecule has 3 aromatic rings. The first-order chi connectivity index (χ1) is 8.84. The third-order valence-electron chi connectivity index (χ3n) is 2.49. The van der Waals surface area contributed by atoms with Crippen molar-refractivity contribution in [1.29, 1.82) is 0 Å². The second-order valence-electron chi connectivity index (χ2n) is 3.68. The van der Waals surface area contributed by atoms with Gasteiger partial charge in [0.1, 0.15) is 5.69 Å². The molecule has 3 heterocycles. The van der Waals surface area contributed by atoms with Crippen LogP contribution in [-0.2, 0) is 0 Å². The van der Waals surface area contributed by atoms with Crippen molar-refractivity contribution < 1.29 is 0 Å². The summed E-state index contributed by atoms with van der Waals surface area (Å²) in [5.41, 5.74) is 8.53. The standard InChI is InChI=1S/C13H10N4S/c14-13-17-11(10-3-1-2-6-16-10)12(18-13)9-4-7-15-8-5-9/h1-8H,(H2,14,17). The quantitative estimate of drug-likeness (QED) is 0.763. The van der Waals surface area contributed by atoms with Gasteiger partial charge in [-0.1, -0.05) is 17.4 Å². The van der Waals surface area contributed by atoms with Gasteiger partial charge < -0.3 is 5.73 Å². The van der Waals surface area contributed by atoms with E-state index in [-0.39, 0.29) is 0 Å². The monoisotopic (exact) mass is 254 g/mol. The summed E-state index contributed by atoms with van der Waals surface area (Å²) < 4.78 is 0. The van der Waals surface area contributed by atoms with E-state index in [1.165, 1.54) is 11.3 Å². The van der Waals surface area contributed by atoms with E-state index in [1.54, 1.807) is 18.6 Å². The van der Waals surface area contributed by atoms with Crippen molar-refractivity contribution in [3.63, 3.8) is 0 Å². The molecule has 0 spiro atoms. The number of aromatic nitrogens is 3. The Bertz CT molecular complexity index is 592. The van der Waals surface area contributed by atoms with E-state index in [0.29, 0.717) is 5.13 Å². The smallest absolute Gasteiger partial charge is 0.181 e. The highest BCUT2D eigenvalue weighted by Crippen LogP contribution is 2.36. The normalized spacial score (nSPS) is 10.4. The van der Waals surface area contributed by atoms with Crippen LogP contribution in [0.3, 0.4) is 0 Å². The number of hydrogen-bond acceptors (Lipinski definition) is 5. The van der Waals surface area contributed by atoms with Crippen LogP contribution in [0.4, 0.5) is 5.13 Å². The van der Waals surface area contributed by atoms with Gasteiger partial charge in [0.25, 0.3) is 0 Å². The lowest BCUT2D eigenvalue weighted by molar-refractivity contribution is 1.28. The Morgan fingerprint density at radius 3 is 2.56 bits per heavy atom. The Kier molecular flexibility index (Phi) is 2.74. The zero-order chi connectivity index (χ0) is 12.4. The van der Waals surface area contributed by atoms with Gasteiger partial charge >= 0.3 is 0 Å². The minimum atomic E-state index is 0.544. The molecule has 0 amide bonds. The van der Waals surface area contributed by atoms with Crippen molar-refractivity contribution in [2.24, 2.45) is 0 Å². The lowest BCUT2D eigenvalue weighted by atomic mass is 10.1. The molecule has 88 valence electrons. The van der Waals surface area contributed by atoms with Crippen LogP contribution < -0.4 is 5.73 Å². The third-order valence-corrected chi connectivity index (χ3v) is 3.43. The average Bonchev–Trinajstić information content (AvgIpc) is 2.83. The van der Waals surface area contributed by atoms with E-state index in [2.05, 4.69) is 15.0 Å². The highest BCUT2D eigenvalue weighted by Gasteiger charge is 2.14. The minimum Gasteiger partial charge on any atom is -0.375 e. The van der Waals surface area contributed by atoms with Gasteiger partial charge in [-0.05, 0) is 29.8 Å². The number of nitrogens with zero attached hydrogens (tertiary/aromatic N) is 3. The molecule has 5 heteroatoms. The maximum Gasteiger partial charge on any atom is 0.181 e. The second-order valence-corrected chi connectivity index (χ2v) is 4.71. The van der Waals surface area contributed by atoms with Crippen molar-refractivity contribution in [3.05, 3.63) is 48.9 Å². The largest absolute Gasteiger partial charge is 0.375 e. The van der Waals surface area contributed by atoms with Crippen LogP contribution in [0.25, 0.3) is 21.8 Å². The first kappa shape index (κ1) is 10.9. The minimum absolute atomic E-state index is 0.544. The zero-order valence-electron chi connectivity index (χ0n) is 9.45. The van der Waals surface area contributed by atoms with Crippen molar-refractivity contribution in [2.45, 2.75) is 0 Å². The number of nitrogen functional groups attached to an aromatic ring is 1. The molecule has 0 radical (unpaired) electrons. The highest BCUT2D eigenvalue weighted by molar-refractivity contribution is 7.19. The predicted molar refractivity (Wildman–Crippen MR) is 73.0 cm³/mol. The molecule has 0 unspecified atom stereocenters. The Hall–Kier alpha value is -2.27. The van der Waals surface area contributed by atoms with Crippen LogP contribution >= 0.6 is 11.3 Å². The van der Waals surface area contributed by atoms with Gasteiger partial charge in [-0.25, -0.2) is 4.98 Å². The van der Waals surface area contributed by atoms with Crippen molar-refractivity contribution in [3.8, 4) is 21.8 Å². The first-order valence-corrected chi connectivity index (χ1v) is 6.24. The molecule has 0 aliphatic heterocycles. The lowest BCUT2D eigenvalue weighted by Gasteiger charge is -2.00. The summed E-state index contributed by atoms with van der Waals surface area (Å²) in [6, 6.07) is 9.64. The average molecular weight is 254 g/mol. The summed E-state index contributed by atoms with van der Waals surface area (Å²) in [7, 11) is 0. The molecule has 2 N–H and O–H groups in total. The molecule has 0 fully saturated rings. The molecule has 0 saturated carbocycles. The number of thiazole rings is 1. The van der Waals surface area contributed by atoms with Crippen LogP contribution in [0.5, 0.6) is 0 Å². The van der Waals surface area contributed by atoms with E-state index in [4.69, 9.17) is 5.73 Å². The van der Waals surface area contributed by atoms with E-state index in [1.807, 2.05) is 30.3 Å². The summed E-state index contributed by atoms with van der Waals surface area (Å²) >= 11 is 1.46. The van der Waals surface area contributed by atoms with Crippen LogP contribution in [0, 0.1) is 0 Å². The van der Waals surface area contributed by atoms with Gasteiger partial charge in [-0.15, -0.1) is 0 Å². The van der Waals surface area contributed by atoms with Crippen LogP contribution in [-0.4, -0.2) is 15.0 Å². The molecule has 0 aliphatic rings. The molecular weight excluding hydrogens is 244 g/mol. The van der Waals surface area contributed by atoms with E-state index in [9.17, 15) is 0 Å². The molecule has 0 aliphatic carbocycles. The van der Waals surface area contributed by atoms with Gasteiger partial charge in [0.2, 0.25) is 0 Å². The van der Waals surface area contributed by atoms with E-state index >= 15 is 0 Å². The van der Waals surface area contributed by atoms with Crippen molar-refractivity contribution in [2.75, 3.05) is 5.73 Å².